The fourth-order valence-electron chi connectivity index (χ4n) is 2.52. The molecule has 5 heteroatoms. The van der Waals surface area contributed by atoms with Gasteiger partial charge < -0.3 is 19.9 Å². The Morgan fingerprint density at radius 3 is 2.42 bits per heavy atom. The summed E-state index contributed by atoms with van der Waals surface area (Å²) in [5.74, 6) is 1.12. The Morgan fingerprint density at radius 2 is 1.79 bits per heavy atom. The highest BCUT2D eigenvalue weighted by Gasteiger charge is 2.16. The van der Waals surface area contributed by atoms with Gasteiger partial charge in [-0.05, 0) is 36.6 Å². The molecule has 0 aliphatic heterocycles. The van der Waals surface area contributed by atoms with E-state index in [1.807, 2.05) is 49.4 Å². The molecule has 2 unspecified atom stereocenters. The van der Waals surface area contributed by atoms with Crippen LogP contribution >= 0.6 is 11.6 Å². The van der Waals surface area contributed by atoms with E-state index in [0.29, 0.717) is 29.5 Å². The van der Waals surface area contributed by atoms with E-state index in [0.717, 1.165) is 11.1 Å². The maximum absolute atomic E-state index is 10.4. The first-order valence-corrected chi connectivity index (χ1v) is 8.28. The normalized spacial score (nSPS) is 13.4. The first kappa shape index (κ1) is 18.6. The lowest BCUT2D eigenvalue weighted by Crippen LogP contribution is -2.38. The molecule has 24 heavy (non-hydrogen) atoms. The standard InChI is InChI=1S/C19H24ClNO3/c1-13(17(22)10-14-7-5-4-6-8-14)21-12-15-9-16(20)19(24-3)18(11-15)23-2/h4-9,11,13,17,21-22H,10,12H2,1-3H3. The summed E-state index contributed by atoms with van der Waals surface area (Å²) in [6.45, 7) is 2.54. The maximum Gasteiger partial charge on any atom is 0.179 e. The summed E-state index contributed by atoms with van der Waals surface area (Å²) in [7, 11) is 3.14. The molecule has 0 heterocycles. The van der Waals surface area contributed by atoms with Crippen molar-refractivity contribution in [1.82, 2.24) is 5.32 Å². The number of ether oxygens (including phenoxy) is 2. The third kappa shape index (κ3) is 4.87. The third-order valence-corrected chi connectivity index (χ3v) is 4.27. The van der Waals surface area contributed by atoms with E-state index in [9.17, 15) is 5.11 Å². The van der Waals surface area contributed by atoms with Crippen molar-refractivity contribution < 1.29 is 14.6 Å². The summed E-state index contributed by atoms with van der Waals surface area (Å²) < 4.78 is 10.5. The van der Waals surface area contributed by atoms with Crippen LogP contribution in [0.3, 0.4) is 0 Å². The Morgan fingerprint density at radius 1 is 1.08 bits per heavy atom. The first-order chi connectivity index (χ1) is 11.5. The third-order valence-electron chi connectivity index (χ3n) is 3.99. The SMILES string of the molecule is COc1cc(CNC(C)C(O)Cc2ccccc2)cc(Cl)c1OC. The molecular formula is C19H24ClNO3. The molecule has 0 saturated carbocycles. The van der Waals surface area contributed by atoms with E-state index in [-0.39, 0.29) is 6.04 Å². The van der Waals surface area contributed by atoms with Gasteiger partial charge in [0.15, 0.2) is 11.5 Å². The number of hydrogen-bond donors (Lipinski definition) is 2. The van der Waals surface area contributed by atoms with Crippen LogP contribution in [0.5, 0.6) is 11.5 Å². The van der Waals surface area contributed by atoms with E-state index in [1.165, 1.54) is 0 Å². The van der Waals surface area contributed by atoms with Crippen LogP contribution in [0.4, 0.5) is 0 Å². The minimum Gasteiger partial charge on any atom is -0.493 e. The molecule has 0 fully saturated rings. The fourth-order valence-corrected chi connectivity index (χ4v) is 2.83. The molecule has 0 amide bonds. The van der Waals surface area contributed by atoms with Crippen molar-refractivity contribution in [3.63, 3.8) is 0 Å². The smallest absolute Gasteiger partial charge is 0.179 e. The number of halogens is 1. The quantitative estimate of drug-likeness (QED) is 0.766. The monoisotopic (exact) mass is 349 g/mol. The van der Waals surface area contributed by atoms with E-state index >= 15 is 0 Å². The molecule has 0 aliphatic rings. The molecule has 0 saturated heterocycles. The molecule has 4 nitrogen and oxygen atoms in total. The minimum absolute atomic E-state index is 0.0583. The average Bonchev–Trinajstić information content (AvgIpc) is 2.59. The van der Waals surface area contributed by atoms with E-state index < -0.39 is 6.10 Å². The largest absolute Gasteiger partial charge is 0.493 e. The molecule has 2 N–H and O–H groups in total. The summed E-state index contributed by atoms with van der Waals surface area (Å²) >= 11 is 6.22. The highest BCUT2D eigenvalue weighted by atomic mass is 35.5. The molecule has 0 bridgehead atoms. The highest BCUT2D eigenvalue weighted by Crippen LogP contribution is 2.35. The zero-order valence-electron chi connectivity index (χ0n) is 14.3. The Bertz CT molecular complexity index is 649. The summed E-state index contributed by atoms with van der Waals surface area (Å²) in [6, 6.07) is 13.6. The number of hydrogen-bond acceptors (Lipinski definition) is 4. The molecule has 0 spiro atoms. The van der Waals surface area contributed by atoms with Gasteiger partial charge in [0.2, 0.25) is 0 Å². The van der Waals surface area contributed by atoms with Crippen LogP contribution in [0.25, 0.3) is 0 Å². The van der Waals surface area contributed by atoms with Crippen molar-refractivity contribution in [2.75, 3.05) is 14.2 Å². The Kier molecular flexibility index (Phi) is 6.91. The van der Waals surface area contributed by atoms with Crippen molar-refractivity contribution in [1.29, 1.82) is 0 Å². The van der Waals surface area contributed by atoms with Crippen LogP contribution in [0.1, 0.15) is 18.1 Å². The average molecular weight is 350 g/mol. The van der Waals surface area contributed by atoms with Crippen molar-refractivity contribution >= 4 is 11.6 Å². The second-order valence-electron chi connectivity index (χ2n) is 5.74. The number of aliphatic hydroxyl groups is 1. The molecule has 0 radical (unpaired) electrons. The maximum atomic E-state index is 10.4. The molecule has 2 rings (SSSR count). The predicted molar refractivity (Wildman–Crippen MR) is 97.0 cm³/mol. The number of nitrogens with one attached hydrogen (secondary N) is 1. The van der Waals surface area contributed by atoms with Gasteiger partial charge in [-0.2, -0.15) is 0 Å². The van der Waals surface area contributed by atoms with Crippen molar-refractivity contribution in [2.45, 2.75) is 32.0 Å². The predicted octanol–water partition coefficient (Wildman–Crippen LogP) is 3.44. The van der Waals surface area contributed by atoms with Gasteiger partial charge in [-0.3, -0.25) is 0 Å². The van der Waals surface area contributed by atoms with Gasteiger partial charge in [0.1, 0.15) is 0 Å². The number of methoxy groups -OCH3 is 2. The lowest BCUT2D eigenvalue weighted by Gasteiger charge is -2.21. The van der Waals surface area contributed by atoms with Crippen molar-refractivity contribution in [3.05, 3.63) is 58.6 Å². The number of rotatable bonds is 8. The molecule has 0 aliphatic carbocycles. The van der Waals surface area contributed by atoms with E-state index in [1.54, 1.807) is 14.2 Å². The van der Waals surface area contributed by atoms with Gasteiger partial charge in [-0.1, -0.05) is 41.9 Å². The summed E-state index contributed by atoms with van der Waals surface area (Å²) in [5, 5.41) is 14.2. The van der Waals surface area contributed by atoms with E-state index in [2.05, 4.69) is 5.32 Å². The Balaban J connectivity index is 1.96. The van der Waals surface area contributed by atoms with Crippen molar-refractivity contribution in [3.8, 4) is 11.5 Å². The van der Waals surface area contributed by atoms with Gasteiger partial charge in [-0.15, -0.1) is 0 Å². The summed E-state index contributed by atoms with van der Waals surface area (Å²) in [6.07, 6.45) is 0.143. The van der Waals surface area contributed by atoms with Gasteiger partial charge in [0.25, 0.3) is 0 Å². The molecule has 2 aromatic carbocycles. The van der Waals surface area contributed by atoms with Crippen molar-refractivity contribution in [2.24, 2.45) is 0 Å². The second-order valence-corrected chi connectivity index (χ2v) is 6.15. The van der Waals surface area contributed by atoms with Crippen LogP contribution < -0.4 is 14.8 Å². The van der Waals surface area contributed by atoms with Gasteiger partial charge in [-0.25, -0.2) is 0 Å². The summed E-state index contributed by atoms with van der Waals surface area (Å²) in [5.41, 5.74) is 2.09. The molecular weight excluding hydrogens is 326 g/mol. The number of aliphatic hydroxyl groups excluding tert-OH is 1. The van der Waals surface area contributed by atoms with Crippen LogP contribution in [-0.4, -0.2) is 31.5 Å². The van der Waals surface area contributed by atoms with Gasteiger partial charge in [0.05, 0.1) is 25.3 Å². The van der Waals surface area contributed by atoms with E-state index in [4.69, 9.17) is 21.1 Å². The lowest BCUT2D eigenvalue weighted by atomic mass is 10.0. The summed E-state index contributed by atoms with van der Waals surface area (Å²) in [4.78, 5) is 0. The number of benzene rings is 2. The van der Waals surface area contributed by atoms with Gasteiger partial charge >= 0.3 is 0 Å². The molecule has 2 aromatic rings. The Labute approximate surface area is 148 Å². The molecule has 130 valence electrons. The fraction of sp³-hybridized carbons (Fsp3) is 0.368. The molecule has 0 aromatic heterocycles. The topological polar surface area (TPSA) is 50.7 Å². The van der Waals surface area contributed by atoms with Crippen LogP contribution in [-0.2, 0) is 13.0 Å². The second kappa shape index (κ2) is 8.92. The van der Waals surface area contributed by atoms with Crippen LogP contribution in [0, 0.1) is 0 Å². The zero-order valence-corrected chi connectivity index (χ0v) is 15.0. The van der Waals surface area contributed by atoms with Crippen LogP contribution in [0.2, 0.25) is 5.02 Å². The first-order valence-electron chi connectivity index (χ1n) is 7.91. The van der Waals surface area contributed by atoms with Crippen LogP contribution in [0.15, 0.2) is 42.5 Å². The highest BCUT2D eigenvalue weighted by molar-refractivity contribution is 6.32. The zero-order chi connectivity index (χ0) is 17.5. The minimum atomic E-state index is -0.469. The lowest BCUT2D eigenvalue weighted by molar-refractivity contribution is 0.134. The molecule has 2 atom stereocenters. The van der Waals surface area contributed by atoms with Gasteiger partial charge in [0, 0.05) is 12.6 Å². The Hall–Kier alpha value is -1.75.